The molecule has 3 heteroatoms. The van der Waals surface area contributed by atoms with Gasteiger partial charge in [0.15, 0.2) is 0 Å². The summed E-state index contributed by atoms with van der Waals surface area (Å²) in [5.74, 6) is 0. The van der Waals surface area contributed by atoms with Crippen molar-refractivity contribution in [3.63, 3.8) is 0 Å². The van der Waals surface area contributed by atoms with E-state index in [1.54, 1.807) is 0 Å². The SMILES string of the molecule is CCO[Si](C)(c1ccccc1)[Si](C)(C)c1ccccc1. The van der Waals surface area contributed by atoms with Crippen LogP contribution in [0.25, 0.3) is 0 Å². The summed E-state index contributed by atoms with van der Waals surface area (Å²) in [5.41, 5.74) is 0. The second kappa shape index (κ2) is 6.08. The van der Waals surface area contributed by atoms with Crippen LogP contribution in [-0.4, -0.2) is 22.0 Å². The van der Waals surface area contributed by atoms with E-state index in [1.165, 1.54) is 10.4 Å². The molecule has 2 rings (SSSR count). The summed E-state index contributed by atoms with van der Waals surface area (Å²) in [7, 11) is -3.63. The Morgan fingerprint density at radius 1 is 0.750 bits per heavy atom. The maximum Gasteiger partial charge on any atom is 0.212 e. The molecule has 2 aromatic rings. The first-order valence-corrected chi connectivity index (χ1v) is 13.7. The topological polar surface area (TPSA) is 9.23 Å². The standard InChI is InChI=1S/C17H24OSi2/c1-5-18-20(4,17-14-10-7-11-15-17)19(2,3)16-12-8-6-9-13-16/h6-15H,5H2,1-4H3. The van der Waals surface area contributed by atoms with Crippen LogP contribution in [0.15, 0.2) is 60.7 Å². The van der Waals surface area contributed by atoms with Crippen molar-refractivity contribution >= 4 is 25.8 Å². The van der Waals surface area contributed by atoms with Crippen molar-refractivity contribution in [1.29, 1.82) is 0 Å². The summed E-state index contributed by atoms with van der Waals surface area (Å²) >= 11 is 0. The van der Waals surface area contributed by atoms with E-state index in [4.69, 9.17) is 4.43 Å². The van der Waals surface area contributed by atoms with E-state index in [9.17, 15) is 0 Å². The van der Waals surface area contributed by atoms with Crippen molar-refractivity contribution in [2.75, 3.05) is 6.61 Å². The molecule has 1 unspecified atom stereocenters. The van der Waals surface area contributed by atoms with E-state index < -0.39 is 15.4 Å². The zero-order valence-corrected chi connectivity index (χ0v) is 14.9. The lowest BCUT2D eigenvalue weighted by Crippen LogP contribution is -2.72. The Kier molecular flexibility index (Phi) is 4.63. The van der Waals surface area contributed by atoms with Crippen molar-refractivity contribution in [3.05, 3.63) is 60.7 Å². The molecule has 0 bridgehead atoms. The first kappa shape index (κ1) is 15.2. The Morgan fingerprint density at radius 2 is 1.20 bits per heavy atom. The fourth-order valence-corrected chi connectivity index (χ4v) is 13.4. The van der Waals surface area contributed by atoms with Crippen LogP contribution >= 0.6 is 0 Å². The summed E-state index contributed by atoms with van der Waals surface area (Å²) in [6, 6.07) is 21.8. The fourth-order valence-electron chi connectivity index (χ4n) is 2.80. The second-order valence-corrected chi connectivity index (χ2v) is 19.2. The molecule has 1 atom stereocenters. The molecule has 0 saturated heterocycles. The average molecular weight is 301 g/mol. The van der Waals surface area contributed by atoms with E-state index in [-0.39, 0.29) is 0 Å². The molecule has 0 amide bonds. The third kappa shape index (κ3) is 2.66. The van der Waals surface area contributed by atoms with E-state index in [0.29, 0.717) is 0 Å². The first-order chi connectivity index (χ1) is 9.52. The van der Waals surface area contributed by atoms with Gasteiger partial charge in [-0.15, -0.1) is 0 Å². The number of hydrogen-bond donors (Lipinski definition) is 0. The van der Waals surface area contributed by atoms with Crippen LogP contribution in [0.4, 0.5) is 0 Å². The van der Waals surface area contributed by atoms with Gasteiger partial charge in [-0.25, -0.2) is 0 Å². The van der Waals surface area contributed by atoms with Crippen LogP contribution in [0.2, 0.25) is 19.6 Å². The monoisotopic (exact) mass is 300 g/mol. The van der Waals surface area contributed by atoms with E-state index in [0.717, 1.165) is 6.61 Å². The zero-order chi connectivity index (χ0) is 14.6. The van der Waals surface area contributed by atoms with Crippen LogP contribution in [0.1, 0.15) is 6.92 Å². The highest BCUT2D eigenvalue weighted by Gasteiger charge is 2.49. The molecule has 1 nitrogen and oxygen atoms in total. The highest BCUT2D eigenvalue weighted by Crippen LogP contribution is 2.21. The summed E-state index contributed by atoms with van der Waals surface area (Å²) in [5, 5.41) is 2.91. The Balaban J connectivity index is 2.53. The minimum atomic E-state index is -1.96. The summed E-state index contributed by atoms with van der Waals surface area (Å²) in [4.78, 5) is 0. The van der Waals surface area contributed by atoms with Gasteiger partial charge >= 0.3 is 0 Å². The minimum absolute atomic E-state index is 0.793. The van der Waals surface area contributed by atoms with Gasteiger partial charge < -0.3 is 4.43 Å². The van der Waals surface area contributed by atoms with Crippen molar-refractivity contribution in [2.45, 2.75) is 26.6 Å². The van der Waals surface area contributed by atoms with Gasteiger partial charge in [-0.3, -0.25) is 0 Å². The number of rotatable bonds is 5. The normalized spacial score (nSPS) is 14.8. The van der Waals surface area contributed by atoms with Crippen molar-refractivity contribution < 1.29 is 4.43 Å². The highest BCUT2D eigenvalue weighted by molar-refractivity contribution is 7.48. The Morgan fingerprint density at radius 3 is 1.65 bits per heavy atom. The molecule has 0 aromatic heterocycles. The first-order valence-electron chi connectivity index (χ1n) is 7.27. The predicted molar refractivity (Wildman–Crippen MR) is 92.9 cm³/mol. The molecule has 2 aromatic carbocycles. The summed E-state index contributed by atoms with van der Waals surface area (Å²) in [6.07, 6.45) is 0. The lowest BCUT2D eigenvalue weighted by atomic mass is 10.4. The number of hydrogen-bond acceptors (Lipinski definition) is 1. The molecule has 0 saturated carbocycles. The van der Waals surface area contributed by atoms with Crippen LogP contribution < -0.4 is 10.4 Å². The fraction of sp³-hybridized carbons (Fsp3) is 0.294. The average Bonchev–Trinajstić information content (AvgIpc) is 2.49. The Hall–Kier alpha value is -1.17. The van der Waals surface area contributed by atoms with E-state index in [1.807, 2.05) is 0 Å². The molecule has 0 N–H and O–H groups in total. The molecule has 0 radical (unpaired) electrons. The van der Waals surface area contributed by atoms with Crippen LogP contribution in [0.5, 0.6) is 0 Å². The molecule has 0 aliphatic heterocycles. The summed E-state index contributed by atoms with van der Waals surface area (Å²) in [6.45, 7) is 10.2. The second-order valence-electron chi connectivity index (χ2n) is 5.82. The number of benzene rings is 2. The molecule has 20 heavy (non-hydrogen) atoms. The highest BCUT2D eigenvalue weighted by atomic mass is 29.3. The van der Waals surface area contributed by atoms with E-state index in [2.05, 4.69) is 87.2 Å². The van der Waals surface area contributed by atoms with Crippen LogP contribution in [0, 0.1) is 0 Å². The van der Waals surface area contributed by atoms with Gasteiger partial charge in [-0.2, -0.15) is 0 Å². The van der Waals surface area contributed by atoms with Gasteiger partial charge in [0.2, 0.25) is 7.83 Å². The Labute approximate surface area is 124 Å². The predicted octanol–water partition coefficient (Wildman–Crippen LogP) is 3.20. The van der Waals surface area contributed by atoms with Crippen LogP contribution in [0.3, 0.4) is 0 Å². The molecule has 0 aliphatic carbocycles. The summed E-state index contributed by atoms with van der Waals surface area (Å²) < 4.78 is 6.44. The molecule has 0 aliphatic rings. The van der Waals surface area contributed by atoms with Gasteiger partial charge in [0.25, 0.3) is 0 Å². The lowest BCUT2D eigenvalue weighted by Gasteiger charge is -2.41. The van der Waals surface area contributed by atoms with Crippen molar-refractivity contribution in [1.82, 2.24) is 0 Å². The Bertz CT molecular complexity index is 539. The van der Waals surface area contributed by atoms with Gasteiger partial charge in [-0.1, -0.05) is 78.9 Å². The molecular formula is C17H24OSi2. The van der Waals surface area contributed by atoms with Gasteiger partial charge in [0.05, 0.1) is 0 Å². The van der Waals surface area contributed by atoms with Crippen LogP contribution in [-0.2, 0) is 4.43 Å². The van der Waals surface area contributed by atoms with Gasteiger partial charge in [-0.05, 0) is 18.7 Å². The molecule has 0 fully saturated rings. The van der Waals surface area contributed by atoms with E-state index >= 15 is 0 Å². The van der Waals surface area contributed by atoms with Crippen molar-refractivity contribution in [2.24, 2.45) is 0 Å². The van der Waals surface area contributed by atoms with Crippen molar-refractivity contribution in [3.8, 4) is 0 Å². The van der Waals surface area contributed by atoms with Gasteiger partial charge in [0.1, 0.15) is 7.59 Å². The quantitative estimate of drug-likeness (QED) is 0.771. The molecule has 0 spiro atoms. The minimum Gasteiger partial charge on any atom is -0.415 e. The largest absolute Gasteiger partial charge is 0.415 e. The molecule has 106 valence electrons. The van der Waals surface area contributed by atoms with Gasteiger partial charge in [0, 0.05) is 6.61 Å². The third-order valence-electron chi connectivity index (χ3n) is 4.45. The zero-order valence-electron chi connectivity index (χ0n) is 12.9. The smallest absolute Gasteiger partial charge is 0.212 e. The third-order valence-corrected chi connectivity index (χ3v) is 20.2. The molecule has 0 heterocycles. The maximum absolute atomic E-state index is 6.44. The maximum atomic E-state index is 6.44. The lowest BCUT2D eigenvalue weighted by molar-refractivity contribution is 0.346. The molecular weight excluding hydrogens is 276 g/mol.